The number of amides is 2. The SMILES string of the molecule is Cc1csc2c1SC[C@H](NC(=O)OC(C)(C)C)C(=O)N2C. The van der Waals surface area contributed by atoms with Crippen LogP contribution in [0.5, 0.6) is 0 Å². The van der Waals surface area contributed by atoms with E-state index in [1.165, 1.54) is 0 Å². The van der Waals surface area contributed by atoms with E-state index < -0.39 is 17.7 Å². The number of ether oxygens (including phenoxy) is 1. The van der Waals surface area contributed by atoms with Crippen LogP contribution in [0.25, 0.3) is 0 Å². The number of thiophene rings is 1. The van der Waals surface area contributed by atoms with E-state index in [2.05, 4.69) is 5.32 Å². The van der Waals surface area contributed by atoms with Crippen molar-refractivity contribution >= 4 is 40.1 Å². The fourth-order valence-electron chi connectivity index (χ4n) is 1.95. The second-order valence-electron chi connectivity index (χ2n) is 5.96. The van der Waals surface area contributed by atoms with Gasteiger partial charge < -0.3 is 15.0 Å². The Morgan fingerprint density at radius 3 is 2.76 bits per heavy atom. The van der Waals surface area contributed by atoms with Gasteiger partial charge in [-0.3, -0.25) is 4.79 Å². The second kappa shape index (κ2) is 5.88. The molecule has 0 fully saturated rings. The molecule has 2 rings (SSSR count). The molecule has 0 saturated heterocycles. The van der Waals surface area contributed by atoms with Crippen molar-refractivity contribution in [3.63, 3.8) is 0 Å². The summed E-state index contributed by atoms with van der Waals surface area (Å²) in [5, 5.41) is 5.66. The van der Waals surface area contributed by atoms with Crippen LogP contribution >= 0.6 is 23.1 Å². The average molecular weight is 328 g/mol. The maximum atomic E-state index is 12.5. The maximum Gasteiger partial charge on any atom is 0.408 e. The van der Waals surface area contributed by atoms with E-state index in [-0.39, 0.29) is 5.91 Å². The standard InChI is InChI=1S/C14H20N2O3S2/c1-8-6-21-12-10(8)20-7-9(11(17)16(12)5)15-13(18)19-14(2,3)4/h6,9H,7H2,1-5H3,(H,15,18)/t9-/m0/s1. The van der Waals surface area contributed by atoms with E-state index in [1.807, 2.05) is 12.3 Å². The Morgan fingerprint density at radius 1 is 1.48 bits per heavy atom. The van der Waals surface area contributed by atoms with Crippen molar-refractivity contribution in [1.29, 1.82) is 0 Å². The van der Waals surface area contributed by atoms with Gasteiger partial charge in [-0.25, -0.2) is 4.79 Å². The first-order valence-electron chi connectivity index (χ1n) is 6.67. The van der Waals surface area contributed by atoms with Gasteiger partial charge in [0.2, 0.25) is 0 Å². The molecule has 0 unspecified atom stereocenters. The summed E-state index contributed by atoms with van der Waals surface area (Å²) in [6, 6.07) is -0.575. The Hall–Kier alpha value is -1.21. The molecule has 21 heavy (non-hydrogen) atoms. The fourth-order valence-corrected chi connectivity index (χ4v) is 4.38. The molecule has 0 aromatic carbocycles. The third-order valence-corrected chi connectivity index (χ3v) is 5.52. The van der Waals surface area contributed by atoms with E-state index in [0.717, 1.165) is 15.5 Å². The van der Waals surface area contributed by atoms with Crippen LogP contribution < -0.4 is 10.2 Å². The summed E-state index contributed by atoms with van der Waals surface area (Å²) in [5.74, 6) is 0.390. The molecule has 0 aliphatic carbocycles. The lowest BCUT2D eigenvalue weighted by Gasteiger charge is -2.24. The number of hydrogen-bond acceptors (Lipinski definition) is 5. The lowest BCUT2D eigenvalue weighted by atomic mass is 10.2. The molecule has 0 bridgehead atoms. The molecule has 116 valence electrons. The monoisotopic (exact) mass is 328 g/mol. The number of carbonyl (C=O) groups excluding carboxylic acids is 2. The number of fused-ring (bicyclic) bond motifs is 1. The number of thioether (sulfide) groups is 1. The molecule has 1 atom stereocenters. The predicted octanol–water partition coefficient (Wildman–Crippen LogP) is 3.02. The van der Waals surface area contributed by atoms with E-state index in [9.17, 15) is 9.59 Å². The van der Waals surface area contributed by atoms with Gasteiger partial charge in [-0.05, 0) is 38.6 Å². The molecule has 2 amide bonds. The molecule has 1 aliphatic rings. The molecule has 1 N–H and O–H groups in total. The molecule has 7 heteroatoms. The van der Waals surface area contributed by atoms with Crippen molar-refractivity contribution in [2.45, 2.75) is 44.2 Å². The highest BCUT2D eigenvalue weighted by Gasteiger charge is 2.32. The zero-order valence-electron chi connectivity index (χ0n) is 12.9. The third kappa shape index (κ3) is 3.71. The minimum atomic E-state index is -0.577. The molecular weight excluding hydrogens is 308 g/mol. The highest BCUT2D eigenvalue weighted by molar-refractivity contribution is 7.99. The summed E-state index contributed by atoms with van der Waals surface area (Å²) in [6.07, 6.45) is -0.558. The molecule has 0 spiro atoms. The molecule has 2 heterocycles. The Labute approximate surface area is 133 Å². The predicted molar refractivity (Wildman–Crippen MR) is 86.3 cm³/mol. The zero-order valence-corrected chi connectivity index (χ0v) is 14.5. The number of alkyl carbamates (subject to hydrolysis) is 1. The first kappa shape index (κ1) is 16.2. The Bertz CT molecular complexity index is 563. The van der Waals surface area contributed by atoms with Crippen LogP contribution in [-0.4, -0.2) is 36.4 Å². The molecule has 1 aliphatic heterocycles. The van der Waals surface area contributed by atoms with E-state index in [1.54, 1.807) is 55.8 Å². The number of hydrogen-bond donors (Lipinski definition) is 1. The summed E-state index contributed by atoms with van der Waals surface area (Å²) in [5.41, 5.74) is 0.587. The van der Waals surface area contributed by atoms with Gasteiger partial charge in [0.25, 0.3) is 5.91 Å². The summed E-state index contributed by atoms with van der Waals surface area (Å²) in [7, 11) is 1.74. The lowest BCUT2D eigenvalue weighted by molar-refractivity contribution is -0.119. The van der Waals surface area contributed by atoms with Crippen LogP contribution in [0.3, 0.4) is 0 Å². The van der Waals surface area contributed by atoms with Crippen molar-refractivity contribution < 1.29 is 14.3 Å². The Balaban J connectivity index is 2.11. The van der Waals surface area contributed by atoms with Crippen molar-refractivity contribution in [2.75, 3.05) is 17.7 Å². The number of anilines is 1. The van der Waals surface area contributed by atoms with Crippen LogP contribution in [0, 0.1) is 6.92 Å². The van der Waals surface area contributed by atoms with Gasteiger partial charge in [0.1, 0.15) is 16.6 Å². The Morgan fingerprint density at radius 2 is 2.14 bits per heavy atom. The summed E-state index contributed by atoms with van der Waals surface area (Å²) >= 11 is 3.14. The minimum absolute atomic E-state index is 0.117. The van der Waals surface area contributed by atoms with Crippen molar-refractivity contribution in [3.05, 3.63) is 10.9 Å². The highest BCUT2D eigenvalue weighted by Crippen LogP contribution is 2.41. The number of aryl methyl sites for hydroxylation is 1. The number of carbonyl (C=O) groups is 2. The van der Waals surface area contributed by atoms with Crippen LogP contribution in [0.1, 0.15) is 26.3 Å². The zero-order chi connectivity index (χ0) is 15.8. The first-order valence-corrected chi connectivity index (χ1v) is 8.53. The maximum absolute atomic E-state index is 12.5. The van der Waals surface area contributed by atoms with Crippen LogP contribution in [0.4, 0.5) is 9.80 Å². The van der Waals surface area contributed by atoms with Crippen molar-refractivity contribution in [1.82, 2.24) is 5.32 Å². The molecular formula is C14H20N2O3S2. The van der Waals surface area contributed by atoms with Crippen LogP contribution in [0.2, 0.25) is 0 Å². The molecule has 1 aromatic rings. The molecule has 1 aromatic heterocycles. The normalized spacial score (nSPS) is 19.0. The topological polar surface area (TPSA) is 58.6 Å². The summed E-state index contributed by atoms with van der Waals surface area (Å²) in [6.45, 7) is 7.41. The van der Waals surface area contributed by atoms with Gasteiger partial charge in [-0.2, -0.15) is 0 Å². The fraction of sp³-hybridized carbons (Fsp3) is 0.571. The minimum Gasteiger partial charge on any atom is -0.444 e. The van der Waals surface area contributed by atoms with Gasteiger partial charge >= 0.3 is 6.09 Å². The largest absolute Gasteiger partial charge is 0.444 e. The summed E-state index contributed by atoms with van der Waals surface area (Å²) < 4.78 is 5.22. The summed E-state index contributed by atoms with van der Waals surface area (Å²) in [4.78, 5) is 27.1. The second-order valence-corrected chi connectivity index (χ2v) is 7.85. The van der Waals surface area contributed by atoms with E-state index in [0.29, 0.717) is 5.75 Å². The molecule has 5 nitrogen and oxygen atoms in total. The smallest absolute Gasteiger partial charge is 0.408 e. The number of rotatable bonds is 1. The van der Waals surface area contributed by atoms with E-state index >= 15 is 0 Å². The number of nitrogens with one attached hydrogen (secondary N) is 1. The van der Waals surface area contributed by atoms with Gasteiger partial charge in [-0.1, -0.05) is 0 Å². The Kier molecular flexibility index (Phi) is 4.53. The van der Waals surface area contributed by atoms with E-state index in [4.69, 9.17) is 4.74 Å². The number of likely N-dealkylation sites (N-methyl/N-ethyl adjacent to an activating group) is 1. The lowest BCUT2D eigenvalue weighted by Crippen LogP contribution is -2.49. The van der Waals surface area contributed by atoms with Crippen LogP contribution in [-0.2, 0) is 9.53 Å². The van der Waals surface area contributed by atoms with Gasteiger partial charge in [-0.15, -0.1) is 23.1 Å². The van der Waals surface area contributed by atoms with Crippen molar-refractivity contribution in [2.24, 2.45) is 0 Å². The van der Waals surface area contributed by atoms with Gasteiger partial charge in [0, 0.05) is 17.7 Å². The first-order chi connectivity index (χ1) is 9.69. The van der Waals surface area contributed by atoms with Crippen molar-refractivity contribution in [3.8, 4) is 0 Å². The third-order valence-electron chi connectivity index (χ3n) is 2.92. The highest BCUT2D eigenvalue weighted by atomic mass is 32.2. The molecule has 0 saturated carbocycles. The average Bonchev–Trinajstić information content (AvgIpc) is 2.66. The number of nitrogens with zero attached hydrogens (tertiary/aromatic N) is 1. The molecule has 0 radical (unpaired) electrons. The quantitative estimate of drug-likeness (QED) is 0.861. The van der Waals surface area contributed by atoms with Crippen LogP contribution in [0.15, 0.2) is 10.3 Å². The van der Waals surface area contributed by atoms with Gasteiger partial charge in [0.05, 0.1) is 0 Å². The van der Waals surface area contributed by atoms with Gasteiger partial charge in [0.15, 0.2) is 0 Å².